The molecular weight excluding hydrogens is 234 g/mol. The second-order valence-corrected chi connectivity index (χ2v) is 3.72. The summed E-state index contributed by atoms with van der Waals surface area (Å²) in [5, 5.41) is 2.84. The number of carbonyl (C=O) groups is 1. The molecule has 0 atom stereocenters. The molecule has 0 aliphatic carbocycles. The van der Waals surface area contributed by atoms with E-state index in [-0.39, 0.29) is 12.3 Å². The third-order valence-electron chi connectivity index (χ3n) is 2.55. The molecule has 0 aromatic heterocycles. The summed E-state index contributed by atoms with van der Waals surface area (Å²) in [6.45, 7) is 0.589. The summed E-state index contributed by atoms with van der Waals surface area (Å²) in [6.07, 6.45) is 0. The van der Waals surface area contributed by atoms with Gasteiger partial charge in [-0.15, -0.1) is 0 Å². The summed E-state index contributed by atoms with van der Waals surface area (Å²) in [6, 6.07) is 3.58. The Balaban J connectivity index is 3.33. The van der Waals surface area contributed by atoms with Crippen LogP contribution in [-0.4, -0.2) is 40.7 Å². The zero-order valence-electron chi connectivity index (χ0n) is 11.2. The van der Waals surface area contributed by atoms with Gasteiger partial charge < -0.3 is 19.5 Å². The number of hydrogen-bond donors (Lipinski definition) is 1. The number of likely N-dealkylation sites (N-methyl/N-ethyl adjacent to an activating group) is 1. The Morgan fingerprint density at radius 1 is 1.22 bits per heavy atom. The van der Waals surface area contributed by atoms with E-state index in [1.807, 2.05) is 6.07 Å². The first-order valence-corrected chi connectivity index (χ1v) is 5.60. The van der Waals surface area contributed by atoms with Gasteiger partial charge in [-0.25, -0.2) is 0 Å². The standard InChI is InChI=1S/C13H19NO4/c1-14-7-10(15)12-9(8-16-2)5-6-11(17-3)13(12)18-4/h5-6,14H,7-8H2,1-4H3. The second-order valence-electron chi connectivity index (χ2n) is 3.72. The average molecular weight is 253 g/mol. The molecule has 0 amide bonds. The highest BCUT2D eigenvalue weighted by molar-refractivity contribution is 6.02. The Morgan fingerprint density at radius 2 is 1.94 bits per heavy atom. The maximum atomic E-state index is 12.1. The average Bonchev–Trinajstić information content (AvgIpc) is 2.38. The topological polar surface area (TPSA) is 56.8 Å². The molecule has 1 aromatic rings. The largest absolute Gasteiger partial charge is 0.493 e. The summed E-state index contributed by atoms with van der Waals surface area (Å²) >= 11 is 0. The Labute approximate surface area is 107 Å². The molecule has 0 radical (unpaired) electrons. The van der Waals surface area contributed by atoms with Crippen molar-refractivity contribution in [3.8, 4) is 11.5 Å². The lowest BCUT2D eigenvalue weighted by Gasteiger charge is -2.15. The summed E-state index contributed by atoms with van der Waals surface area (Å²) in [4.78, 5) is 12.1. The van der Waals surface area contributed by atoms with Crippen LogP contribution in [0.5, 0.6) is 11.5 Å². The van der Waals surface area contributed by atoms with E-state index in [9.17, 15) is 4.79 Å². The van der Waals surface area contributed by atoms with Crippen LogP contribution in [0.3, 0.4) is 0 Å². The number of rotatable bonds is 7. The van der Waals surface area contributed by atoms with Crippen molar-refractivity contribution in [1.29, 1.82) is 0 Å². The molecule has 0 aliphatic rings. The highest BCUT2D eigenvalue weighted by Gasteiger charge is 2.20. The summed E-state index contributed by atoms with van der Waals surface area (Å²) in [7, 11) is 6.37. The predicted octanol–water partition coefficient (Wildman–Crippen LogP) is 1.25. The Kier molecular flexibility index (Phi) is 5.61. The molecule has 5 nitrogen and oxygen atoms in total. The molecule has 1 N–H and O–H groups in total. The molecule has 0 bridgehead atoms. The van der Waals surface area contributed by atoms with E-state index < -0.39 is 0 Å². The summed E-state index contributed by atoms with van der Waals surface area (Å²) in [5.74, 6) is 0.935. The number of benzene rings is 1. The minimum atomic E-state index is -0.0553. The normalized spacial score (nSPS) is 10.2. The van der Waals surface area contributed by atoms with Crippen molar-refractivity contribution < 1.29 is 19.0 Å². The van der Waals surface area contributed by atoms with E-state index in [0.717, 1.165) is 5.56 Å². The van der Waals surface area contributed by atoms with Gasteiger partial charge in [-0.2, -0.15) is 0 Å². The number of nitrogens with one attached hydrogen (secondary N) is 1. The molecule has 0 aliphatic heterocycles. The van der Waals surface area contributed by atoms with Crippen LogP contribution in [0.25, 0.3) is 0 Å². The molecule has 100 valence electrons. The monoisotopic (exact) mass is 253 g/mol. The van der Waals surface area contributed by atoms with E-state index in [4.69, 9.17) is 14.2 Å². The minimum absolute atomic E-state index is 0.0553. The fraction of sp³-hybridized carbons (Fsp3) is 0.462. The highest BCUT2D eigenvalue weighted by Crippen LogP contribution is 2.34. The highest BCUT2D eigenvalue weighted by atomic mass is 16.5. The van der Waals surface area contributed by atoms with Gasteiger partial charge in [0.1, 0.15) is 0 Å². The Bertz CT molecular complexity index is 418. The van der Waals surface area contributed by atoms with Crippen LogP contribution in [0, 0.1) is 0 Å². The van der Waals surface area contributed by atoms with Crippen molar-refractivity contribution in [3.63, 3.8) is 0 Å². The molecule has 0 saturated carbocycles. The van der Waals surface area contributed by atoms with Crippen LogP contribution in [-0.2, 0) is 11.3 Å². The van der Waals surface area contributed by atoms with Gasteiger partial charge in [-0.05, 0) is 18.7 Å². The quantitative estimate of drug-likeness (QED) is 0.741. The van der Waals surface area contributed by atoms with Gasteiger partial charge in [0, 0.05) is 7.11 Å². The van der Waals surface area contributed by atoms with Crippen molar-refractivity contribution in [3.05, 3.63) is 23.3 Å². The van der Waals surface area contributed by atoms with E-state index >= 15 is 0 Å². The van der Waals surface area contributed by atoms with E-state index in [0.29, 0.717) is 23.7 Å². The SMILES string of the molecule is CNCC(=O)c1c(COC)ccc(OC)c1OC. The zero-order chi connectivity index (χ0) is 13.5. The van der Waals surface area contributed by atoms with E-state index in [2.05, 4.69) is 5.32 Å². The zero-order valence-corrected chi connectivity index (χ0v) is 11.2. The van der Waals surface area contributed by atoms with Gasteiger partial charge >= 0.3 is 0 Å². The van der Waals surface area contributed by atoms with Crippen LogP contribution < -0.4 is 14.8 Å². The number of carbonyl (C=O) groups excluding carboxylic acids is 1. The first kappa shape index (κ1) is 14.5. The molecule has 0 heterocycles. The van der Waals surface area contributed by atoms with E-state index in [1.165, 1.54) is 7.11 Å². The number of methoxy groups -OCH3 is 3. The van der Waals surface area contributed by atoms with Crippen LogP contribution in [0.2, 0.25) is 0 Å². The van der Waals surface area contributed by atoms with Crippen molar-refractivity contribution >= 4 is 5.78 Å². The Hall–Kier alpha value is -1.59. The van der Waals surface area contributed by atoms with Gasteiger partial charge in [-0.1, -0.05) is 6.07 Å². The number of Topliss-reactive ketones (excluding diaryl/α,β-unsaturated/α-hetero) is 1. The number of ketones is 1. The number of hydrogen-bond acceptors (Lipinski definition) is 5. The van der Waals surface area contributed by atoms with Crippen molar-refractivity contribution in [2.24, 2.45) is 0 Å². The number of ether oxygens (including phenoxy) is 3. The van der Waals surface area contributed by atoms with Crippen LogP contribution in [0.4, 0.5) is 0 Å². The lowest BCUT2D eigenvalue weighted by atomic mass is 10.0. The molecule has 0 fully saturated rings. The van der Waals surface area contributed by atoms with Crippen LogP contribution in [0.15, 0.2) is 12.1 Å². The smallest absolute Gasteiger partial charge is 0.180 e. The molecule has 1 aromatic carbocycles. The van der Waals surface area contributed by atoms with Crippen molar-refractivity contribution in [2.45, 2.75) is 6.61 Å². The predicted molar refractivity (Wildman–Crippen MR) is 68.5 cm³/mol. The maximum absolute atomic E-state index is 12.1. The van der Waals surface area contributed by atoms with Crippen LogP contribution >= 0.6 is 0 Å². The molecule has 0 spiro atoms. The summed E-state index contributed by atoms with van der Waals surface area (Å²) < 4.78 is 15.6. The van der Waals surface area contributed by atoms with Gasteiger partial charge in [0.2, 0.25) is 0 Å². The van der Waals surface area contributed by atoms with Gasteiger partial charge in [0.25, 0.3) is 0 Å². The lowest BCUT2D eigenvalue weighted by molar-refractivity contribution is 0.0984. The first-order valence-electron chi connectivity index (χ1n) is 5.60. The summed E-state index contributed by atoms with van der Waals surface area (Å²) in [5.41, 5.74) is 1.29. The van der Waals surface area contributed by atoms with Crippen molar-refractivity contribution in [2.75, 3.05) is 34.9 Å². The minimum Gasteiger partial charge on any atom is -0.493 e. The lowest BCUT2D eigenvalue weighted by Crippen LogP contribution is -2.21. The first-order chi connectivity index (χ1) is 8.69. The second kappa shape index (κ2) is 6.98. The molecule has 1 rings (SSSR count). The Morgan fingerprint density at radius 3 is 2.44 bits per heavy atom. The van der Waals surface area contributed by atoms with E-state index in [1.54, 1.807) is 27.3 Å². The fourth-order valence-electron chi connectivity index (χ4n) is 1.80. The third kappa shape index (κ3) is 3.00. The van der Waals surface area contributed by atoms with Gasteiger partial charge in [0.05, 0.1) is 32.9 Å². The molecule has 0 saturated heterocycles. The van der Waals surface area contributed by atoms with Crippen molar-refractivity contribution in [1.82, 2.24) is 5.32 Å². The van der Waals surface area contributed by atoms with Gasteiger partial charge in [-0.3, -0.25) is 4.79 Å². The van der Waals surface area contributed by atoms with Gasteiger partial charge in [0.15, 0.2) is 17.3 Å². The molecule has 5 heteroatoms. The molecular formula is C13H19NO4. The van der Waals surface area contributed by atoms with Crippen LogP contribution in [0.1, 0.15) is 15.9 Å². The molecule has 0 unspecified atom stereocenters. The maximum Gasteiger partial charge on any atom is 0.180 e. The fourth-order valence-corrected chi connectivity index (χ4v) is 1.80. The third-order valence-corrected chi connectivity index (χ3v) is 2.55. The molecule has 18 heavy (non-hydrogen) atoms.